The molecule has 2 N–H and O–H groups in total. The molecule has 0 aliphatic carbocycles. The number of amides is 3. The van der Waals surface area contributed by atoms with Gasteiger partial charge in [0, 0.05) is 37.3 Å². The summed E-state index contributed by atoms with van der Waals surface area (Å²) in [5.41, 5.74) is 2.40. The largest absolute Gasteiger partial charge is 0.451 e. The molecule has 0 unspecified atom stereocenters. The second kappa shape index (κ2) is 11.6. The topological polar surface area (TPSA) is 129 Å². The van der Waals surface area contributed by atoms with Gasteiger partial charge in [-0.1, -0.05) is 30.3 Å². The van der Waals surface area contributed by atoms with E-state index in [1.54, 1.807) is 46.7 Å². The van der Waals surface area contributed by atoms with E-state index in [1.807, 2.05) is 24.3 Å². The fourth-order valence-electron chi connectivity index (χ4n) is 5.48. The summed E-state index contributed by atoms with van der Waals surface area (Å²) < 4.78 is 33.8. The Morgan fingerprint density at radius 1 is 0.952 bits per heavy atom. The first-order valence-corrected chi connectivity index (χ1v) is 16.2. The average Bonchev–Trinajstić information content (AvgIpc) is 3.71. The maximum atomic E-state index is 13.2. The number of carbonyl (C=O) groups is 3. The van der Waals surface area contributed by atoms with Crippen molar-refractivity contribution in [2.45, 2.75) is 29.9 Å². The number of piperidine rings is 1. The fraction of sp³-hybridized carbons (Fsp3) is 0.300. The lowest BCUT2D eigenvalue weighted by molar-refractivity contribution is -0.136. The van der Waals surface area contributed by atoms with Gasteiger partial charge in [-0.2, -0.15) is 0 Å². The average molecular weight is 607 g/mol. The van der Waals surface area contributed by atoms with E-state index in [2.05, 4.69) is 10.6 Å². The maximum absolute atomic E-state index is 13.2. The first-order valence-electron chi connectivity index (χ1n) is 13.9. The standard InChI is InChI=1S/C30H30N4O6S2/c35-28(31-19-20-11-14-33(15-12-20)30(37)26-17-22-5-1-2-7-25(22)40-26)29(36)32-23-10-9-21-6-3-13-34(24(21)18-23)42(38,39)27-8-4-16-41-27/h1-2,4-5,7-10,16-18,20H,3,6,11-15,19H2,(H,31,35)(H,32,36). The van der Waals surface area contributed by atoms with Crippen LogP contribution in [-0.4, -0.2) is 57.2 Å². The number of aryl methyl sites for hydroxylation is 1. The van der Waals surface area contributed by atoms with E-state index in [0.29, 0.717) is 68.2 Å². The van der Waals surface area contributed by atoms with Crippen molar-refractivity contribution in [3.63, 3.8) is 0 Å². The van der Waals surface area contributed by atoms with Crippen LogP contribution in [0.1, 0.15) is 35.4 Å². The molecule has 1 fully saturated rings. The molecular weight excluding hydrogens is 576 g/mol. The highest BCUT2D eigenvalue weighted by atomic mass is 32.2. The third-order valence-electron chi connectivity index (χ3n) is 7.75. The van der Waals surface area contributed by atoms with Gasteiger partial charge in [-0.25, -0.2) is 8.42 Å². The predicted molar refractivity (Wildman–Crippen MR) is 160 cm³/mol. The summed E-state index contributed by atoms with van der Waals surface area (Å²) >= 11 is 1.16. The van der Waals surface area contributed by atoms with Gasteiger partial charge in [0.05, 0.1) is 5.69 Å². The monoisotopic (exact) mass is 606 g/mol. The lowest BCUT2D eigenvalue weighted by Crippen LogP contribution is -2.43. The Hall–Kier alpha value is -4.16. The van der Waals surface area contributed by atoms with Crippen molar-refractivity contribution in [1.29, 1.82) is 0 Å². The van der Waals surface area contributed by atoms with Crippen LogP contribution in [0.5, 0.6) is 0 Å². The summed E-state index contributed by atoms with van der Waals surface area (Å²) in [6.45, 7) is 1.72. The minimum atomic E-state index is -3.72. The van der Waals surface area contributed by atoms with Gasteiger partial charge in [-0.05, 0) is 72.9 Å². The molecule has 0 spiro atoms. The van der Waals surface area contributed by atoms with Crippen molar-refractivity contribution < 1.29 is 27.2 Å². The Morgan fingerprint density at radius 3 is 2.52 bits per heavy atom. The number of nitrogens with one attached hydrogen (secondary N) is 2. The Bertz CT molecular complexity index is 1710. The van der Waals surface area contributed by atoms with Gasteiger partial charge in [0.25, 0.3) is 15.9 Å². The van der Waals surface area contributed by atoms with Gasteiger partial charge in [-0.15, -0.1) is 11.3 Å². The molecule has 0 radical (unpaired) electrons. The Kier molecular flexibility index (Phi) is 7.74. The molecule has 0 bridgehead atoms. The summed E-state index contributed by atoms with van der Waals surface area (Å²) in [6.07, 6.45) is 2.79. The number of anilines is 2. The van der Waals surface area contributed by atoms with Gasteiger partial charge in [0.15, 0.2) is 5.76 Å². The van der Waals surface area contributed by atoms with Crippen LogP contribution in [0.15, 0.2) is 74.7 Å². The van der Waals surface area contributed by atoms with Crippen molar-refractivity contribution in [2.75, 3.05) is 35.8 Å². The molecule has 0 atom stereocenters. The number of benzene rings is 2. The molecule has 2 aromatic heterocycles. The number of hydrogen-bond acceptors (Lipinski definition) is 7. The summed E-state index contributed by atoms with van der Waals surface area (Å²) in [7, 11) is -3.72. The Morgan fingerprint density at radius 2 is 1.76 bits per heavy atom. The zero-order valence-electron chi connectivity index (χ0n) is 22.7. The quantitative estimate of drug-likeness (QED) is 0.316. The summed E-state index contributed by atoms with van der Waals surface area (Å²) in [5.74, 6) is -1.30. The molecule has 10 nitrogen and oxygen atoms in total. The zero-order chi connectivity index (χ0) is 29.3. The molecular formula is C30H30N4O6S2. The van der Waals surface area contributed by atoms with Crippen LogP contribution in [0.4, 0.5) is 11.4 Å². The van der Waals surface area contributed by atoms with E-state index in [1.165, 1.54) is 4.31 Å². The molecule has 218 valence electrons. The molecule has 1 saturated heterocycles. The first kappa shape index (κ1) is 28.0. The van der Waals surface area contributed by atoms with E-state index in [-0.39, 0.29) is 16.0 Å². The van der Waals surface area contributed by atoms with E-state index < -0.39 is 21.8 Å². The summed E-state index contributed by atoms with van der Waals surface area (Å²) in [4.78, 5) is 39.9. The highest BCUT2D eigenvalue weighted by Gasteiger charge is 2.31. The number of para-hydroxylation sites is 1. The lowest BCUT2D eigenvalue weighted by atomic mass is 9.96. The van der Waals surface area contributed by atoms with Crippen LogP contribution in [0.3, 0.4) is 0 Å². The van der Waals surface area contributed by atoms with Gasteiger partial charge in [0.2, 0.25) is 0 Å². The Labute approximate surface area is 247 Å². The fourth-order valence-corrected chi connectivity index (χ4v) is 8.11. The van der Waals surface area contributed by atoms with Crippen LogP contribution >= 0.6 is 11.3 Å². The number of fused-ring (bicyclic) bond motifs is 2. The number of sulfonamides is 1. The predicted octanol–water partition coefficient (Wildman–Crippen LogP) is 4.24. The smallest absolute Gasteiger partial charge is 0.313 e. The van der Waals surface area contributed by atoms with E-state index in [4.69, 9.17) is 4.42 Å². The van der Waals surface area contributed by atoms with Crippen LogP contribution in [0, 0.1) is 5.92 Å². The summed E-state index contributed by atoms with van der Waals surface area (Å²) in [5, 5.41) is 7.91. The van der Waals surface area contributed by atoms with Crippen LogP contribution in [-0.2, 0) is 26.0 Å². The number of rotatable bonds is 6. The van der Waals surface area contributed by atoms with Gasteiger partial charge >= 0.3 is 11.8 Å². The minimum absolute atomic E-state index is 0.126. The van der Waals surface area contributed by atoms with Crippen LogP contribution in [0.25, 0.3) is 11.0 Å². The van der Waals surface area contributed by atoms with Gasteiger partial charge < -0.3 is 20.0 Å². The van der Waals surface area contributed by atoms with E-state index in [0.717, 1.165) is 28.7 Å². The molecule has 4 aromatic rings. The van der Waals surface area contributed by atoms with Crippen molar-refractivity contribution in [1.82, 2.24) is 10.2 Å². The van der Waals surface area contributed by atoms with Crippen molar-refractivity contribution in [3.05, 3.63) is 77.4 Å². The molecule has 42 heavy (non-hydrogen) atoms. The van der Waals surface area contributed by atoms with E-state index >= 15 is 0 Å². The molecule has 6 rings (SSSR count). The second-order valence-corrected chi connectivity index (χ2v) is 13.5. The minimum Gasteiger partial charge on any atom is -0.451 e. The maximum Gasteiger partial charge on any atom is 0.313 e. The Balaban J connectivity index is 1.02. The first-order chi connectivity index (χ1) is 20.3. The molecule has 0 saturated carbocycles. The van der Waals surface area contributed by atoms with Gasteiger partial charge in [0.1, 0.15) is 9.79 Å². The lowest BCUT2D eigenvalue weighted by Gasteiger charge is -2.31. The number of hydrogen-bond donors (Lipinski definition) is 2. The van der Waals surface area contributed by atoms with Crippen molar-refractivity contribution >= 4 is 61.4 Å². The molecule has 12 heteroatoms. The molecule has 3 amide bonds. The number of thiophene rings is 1. The highest BCUT2D eigenvalue weighted by molar-refractivity contribution is 7.94. The second-order valence-electron chi connectivity index (χ2n) is 10.5. The third-order valence-corrected chi connectivity index (χ3v) is 10.9. The van der Waals surface area contributed by atoms with Crippen LogP contribution < -0.4 is 14.9 Å². The highest BCUT2D eigenvalue weighted by Crippen LogP contribution is 2.35. The third kappa shape index (κ3) is 5.64. The van der Waals surface area contributed by atoms with Crippen molar-refractivity contribution in [2.24, 2.45) is 5.92 Å². The molecule has 2 aromatic carbocycles. The van der Waals surface area contributed by atoms with Crippen molar-refractivity contribution in [3.8, 4) is 0 Å². The SMILES string of the molecule is O=C(NCC1CCN(C(=O)c2cc3ccccc3o2)CC1)C(=O)Nc1ccc2c(c1)N(S(=O)(=O)c1cccs1)CCC2. The number of nitrogens with zero attached hydrogens (tertiary/aromatic N) is 2. The van der Waals surface area contributed by atoms with Gasteiger partial charge in [-0.3, -0.25) is 18.7 Å². The van der Waals surface area contributed by atoms with Crippen LogP contribution in [0.2, 0.25) is 0 Å². The summed E-state index contributed by atoms with van der Waals surface area (Å²) in [6, 6.07) is 17.6. The molecule has 2 aliphatic rings. The number of carbonyl (C=O) groups excluding carboxylic acids is 3. The normalized spacial score (nSPS) is 15.8. The molecule has 4 heterocycles. The number of furan rings is 1. The number of likely N-dealkylation sites (tertiary alicyclic amines) is 1. The van der Waals surface area contributed by atoms with E-state index in [9.17, 15) is 22.8 Å². The zero-order valence-corrected chi connectivity index (χ0v) is 24.4. The molecule has 2 aliphatic heterocycles.